The number of hydrogen-bond donors (Lipinski definition) is 4. The third-order valence-electron chi connectivity index (χ3n) is 2.46. The summed E-state index contributed by atoms with van der Waals surface area (Å²) in [7, 11) is 1.54. The summed E-state index contributed by atoms with van der Waals surface area (Å²) in [4.78, 5) is 0. The monoisotopic (exact) mass is 253 g/mol. The number of aliphatic hydroxyl groups excluding tert-OH is 1. The van der Waals surface area contributed by atoms with Crippen LogP contribution in [0.2, 0.25) is 0 Å². The van der Waals surface area contributed by atoms with E-state index < -0.39 is 6.10 Å². The van der Waals surface area contributed by atoms with Gasteiger partial charge in [-0.25, -0.2) is 0 Å². The number of ether oxygens (including phenoxy) is 1. The third kappa shape index (κ3) is 4.33. The molecule has 0 radical (unpaired) electrons. The van der Waals surface area contributed by atoms with Gasteiger partial charge in [0.1, 0.15) is 0 Å². The molecule has 5 N–H and O–H groups in total. The van der Waals surface area contributed by atoms with E-state index >= 15 is 0 Å². The highest BCUT2D eigenvalue weighted by Gasteiger charge is 2.07. The van der Waals surface area contributed by atoms with E-state index in [4.69, 9.17) is 15.7 Å². The van der Waals surface area contributed by atoms with E-state index in [1.54, 1.807) is 6.07 Å². The van der Waals surface area contributed by atoms with Crippen LogP contribution >= 0.6 is 0 Å². The molecule has 100 valence electrons. The van der Waals surface area contributed by atoms with E-state index in [0.29, 0.717) is 18.7 Å². The molecule has 0 aliphatic carbocycles. The Morgan fingerprint density at radius 2 is 2.22 bits per heavy atom. The van der Waals surface area contributed by atoms with Crippen LogP contribution in [-0.4, -0.2) is 42.5 Å². The lowest BCUT2D eigenvalue weighted by molar-refractivity contribution is 0.0644. The molecule has 1 aromatic rings. The van der Waals surface area contributed by atoms with E-state index in [-0.39, 0.29) is 12.4 Å². The molecule has 0 bridgehead atoms. The molecule has 0 spiro atoms. The molecule has 0 saturated carbocycles. The summed E-state index contributed by atoms with van der Waals surface area (Å²) in [5.74, 6) is 0.0739. The third-order valence-corrected chi connectivity index (χ3v) is 2.46. The first-order chi connectivity index (χ1) is 8.69. The Bertz CT molecular complexity index is 396. The predicted octanol–water partition coefficient (Wildman–Crippen LogP) is -0.122. The predicted molar refractivity (Wildman–Crippen MR) is 68.5 cm³/mol. The number of nitrogens with one attached hydrogen (secondary N) is 1. The maximum atomic E-state index is 9.48. The SMILES string of the molecule is COCC(O)CNCc1ccccc1C(N)=NO. The molecule has 0 aliphatic heterocycles. The van der Waals surface area contributed by atoms with Crippen molar-refractivity contribution in [2.45, 2.75) is 12.6 Å². The van der Waals surface area contributed by atoms with Crippen molar-refractivity contribution in [3.8, 4) is 0 Å². The number of hydrogen-bond acceptors (Lipinski definition) is 5. The van der Waals surface area contributed by atoms with Gasteiger partial charge in [0.05, 0.1) is 12.7 Å². The van der Waals surface area contributed by atoms with Gasteiger partial charge in [-0.2, -0.15) is 0 Å². The van der Waals surface area contributed by atoms with Crippen molar-refractivity contribution in [2.24, 2.45) is 10.9 Å². The lowest BCUT2D eigenvalue weighted by atomic mass is 10.1. The lowest BCUT2D eigenvalue weighted by Gasteiger charge is -2.12. The van der Waals surface area contributed by atoms with E-state index in [1.165, 1.54) is 7.11 Å². The number of methoxy groups -OCH3 is 1. The van der Waals surface area contributed by atoms with Gasteiger partial charge in [-0.1, -0.05) is 29.4 Å². The zero-order valence-corrected chi connectivity index (χ0v) is 10.3. The first kappa shape index (κ1) is 14.4. The Kier molecular flexibility index (Phi) is 6.13. The first-order valence-electron chi connectivity index (χ1n) is 5.62. The van der Waals surface area contributed by atoms with Crippen LogP contribution in [0.25, 0.3) is 0 Å². The maximum Gasteiger partial charge on any atom is 0.170 e. The second-order valence-corrected chi connectivity index (χ2v) is 3.88. The molecular weight excluding hydrogens is 234 g/mol. The van der Waals surface area contributed by atoms with Crippen molar-refractivity contribution in [3.05, 3.63) is 35.4 Å². The quantitative estimate of drug-likeness (QED) is 0.235. The van der Waals surface area contributed by atoms with Crippen LogP contribution in [0.5, 0.6) is 0 Å². The second-order valence-electron chi connectivity index (χ2n) is 3.88. The summed E-state index contributed by atoms with van der Waals surface area (Å²) in [6.45, 7) is 1.22. The van der Waals surface area contributed by atoms with Gasteiger partial charge >= 0.3 is 0 Å². The van der Waals surface area contributed by atoms with Crippen LogP contribution in [0.1, 0.15) is 11.1 Å². The Morgan fingerprint density at radius 1 is 1.50 bits per heavy atom. The molecule has 6 heteroatoms. The van der Waals surface area contributed by atoms with Gasteiger partial charge in [-0.3, -0.25) is 0 Å². The van der Waals surface area contributed by atoms with Gasteiger partial charge in [0, 0.05) is 25.8 Å². The zero-order chi connectivity index (χ0) is 13.4. The van der Waals surface area contributed by atoms with Crippen LogP contribution in [0.4, 0.5) is 0 Å². The summed E-state index contributed by atoms with van der Waals surface area (Å²) in [5.41, 5.74) is 7.15. The maximum absolute atomic E-state index is 9.48. The standard InChI is InChI=1S/C12H19N3O3/c1-18-8-10(16)7-14-6-9-4-2-3-5-11(9)12(13)15-17/h2-5,10,14,16-17H,6-8H2,1H3,(H2,13,15). The molecule has 1 rings (SSSR count). The van der Waals surface area contributed by atoms with Gasteiger partial charge in [0.25, 0.3) is 0 Å². The number of benzene rings is 1. The van der Waals surface area contributed by atoms with Gasteiger partial charge < -0.3 is 26.1 Å². The Balaban J connectivity index is 2.57. The summed E-state index contributed by atoms with van der Waals surface area (Å²) < 4.78 is 4.82. The minimum atomic E-state index is -0.550. The Labute approximate surface area is 106 Å². The number of rotatable bonds is 7. The highest BCUT2D eigenvalue weighted by Crippen LogP contribution is 2.08. The van der Waals surface area contributed by atoms with Crippen molar-refractivity contribution in [1.29, 1.82) is 0 Å². The molecule has 1 atom stereocenters. The van der Waals surface area contributed by atoms with Crippen LogP contribution in [0.3, 0.4) is 0 Å². The molecule has 6 nitrogen and oxygen atoms in total. The van der Waals surface area contributed by atoms with E-state index in [0.717, 1.165) is 5.56 Å². The number of nitrogens with zero attached hydrogens (tertiary/aromatic N) is 1. The largest absolute Gasteiger partial charge is 0.409 e. The second kappa shape index (κ2) is 7.65. The van der Waals surface area contributed by atoms with E-state index in [2.05, 4.69) is 10.5 Å². The fraction of sp³-hybridized carbons (Fsp3) is 0.417. The smallest absolute Gasteiger partial charge is 0.170 e. The summed E-state index contributed by atoms with van der Waals surface area (Å²) in [6.07, 6.45) is -0.550. The van der Waals surface area contributed by atoms with Crippen LogP contribution in [0, 0.1) is 0 Å². The molecule has 1 unspecified atom stereocenters. The Hall–Kier alpha value is -1.63. The fourth-order valence-electron chi connectivity index (χ4n) is 1.60. The summed E-state index contributed by atoms with van der Waals surface area (Å²) in [5, 5.41) is 24.2. The number of amidine groups is 1. The van der Waals surface area contributed by atoms with Gasteiger partial charge in [-0.15, -0.1) is 0 Å². The molecule has 18 heavy (non-hydrogen) atoms. The molecule has 1 aromatic carbocycles. The van der Waals surface area contributed by atoms with Gasteiger partial charge in [0.2, 0.25) is 0 Å². The number of nitrogens with two attached hydrogens (primary N) is 1. The average Bonchev–Trinajstić information content (AvgIpc) is 2.39. The molecular formula is C12H19N3O3. The van der Waals surface area contributed by atoms with E-state index in [9.17, 15) is 5.11 Å². The highest BCUT2D eigenvalue weighted by molar-refractivity contribution is 5.98. The van der Waals surface area contributed by atoms with Crippen LogP contribution in [-0.2, 0) is 11.3 Å². The molecule has 0 saturated heterocycles. The number of aliphatic hydroxyl groups is 1. The molecule has 0 fully saturated rings. The van der Waals surface area contributed by atoms with Crippen molar-refractivity contribution in [2.75, 3.05) is 20.3 Å². The van der Waals surface area contributed by atoms with Crippen molar-refractivity contribution < 1.29 is 15.1 Å². The Morgan fingerprint density at radius 3 is 2.89 bits per heavy atom. The minimum Gasteiger partial charge on any atom is -0.409 e. The van der Waals surface area contributed by atoms with Gasteiger partial charge in [-0.05, 0) is 5.56 Å². The summed E-state index contributed by atoms with van der Waals surface area (Å²) in [6, 6.07) is 7.34. The fourth-order valence-corrected chi connectivity index (χ4v) is 1.60. The normalized spacial score (nSPS) is 13.6. The molecule has 0 aliphatic rings. The average molecular weight is 253 g/mol. The van der Waals surface area contributed by atoms with Crippen molar-refractivity contribution >= 4 is 5.84 Å². The first-order valence-corrected chi connectivity index (χ1v) is 5.62. The van der Waals surface area contributed by atoms with Crippen LogP contribution < -0.4 is 11.1 Å². The minimum absolute atomic E-state index is 0.0739. The molecule has 0 aromatic heterocycles. The van der Waals surface area contributed by atoms with Gasteiger partial charge in [0.15, 0.2) is 5.84 Å². The van der Waals surface area contributed by atoms with Crippen molar-refractivity contribution in [3.63, 3.8) is 0 Å². The van der Waals surface area contributed by atoms with E-state index in [1.807, 2.05) is 18.2 Å². The molecule has 0 amide bonds. The highest BCUT2D eigenvalue weighted by atomic mass is 16.5. The molecule has 0 heterocycles. The summed E-state index contributed by atoms with van der Waals surface area (Å²) >= 11 is 0. The number of oxime groups is 1. The zero-order valence-electron chi connectivity index (χ0n) is 10.3. The topological polar surface area (TPSA) is 100 Å². The van der Waals surface area contributed by atoms with Crippen molar-refractivity contribution in [1.82, 2.24) is 5.32 Å². The van der Waals surface area contributed by atoms with Crippen LogP contribution in [0.15, 0.2) is 29.4 Å². The lowest BCUT2D eigenvalue weighted by Crippen LogP contribution is -2.30.